The van der Waals surface area contributed by atoms with E-state index in [1.165, 1.54) is 6.07 Å². The lowest BCUT2D eigenvalue weighted by atomic mass is 10.2. The van der Waals surface area contributed by atoms with Gasteiger partial charge in [-0.25, -0.2) is 4.79 Å². The molecule has 0 saturated carbocycles. The summed E-state index contributed by atoms with van der Waals surface area (Å²) in [6, 6.07) is 10.2. The first kappa shape index (κ1) is 12.5. The van der Waals surface area contributed by atoms with Crippen molar-refractivity contribution in [3.05, 3.63) is 52.9 Å². The van der Waals surface area contributed by atoms with Crippen LogP contribution in [0.15, 0.2) is 40.8 Å². The van der Waals surface area contributed by atoms with E-state index in [2.05, 4.69) is 5.32 Å². The van der Waals surface area contributed by atoms with Crippen molar-refractivity contribution in [2.45, 2.75) is 13.0 Å². The Labute approximate surface area is 109 Å². The second-order valence-electron chi connectivity index (χ2n) is 3.88. The van der Waals surface area contributed by atoms with Gasteiger partial charge >= 0.3 is 5.97 Å². The molecule has 94 valence electrons. The van der Waals surface area contributed by atoms with Crippen LogP contribution in [-0.2, 0) is 0 Å². The summed E-state index contributed by atoms with van der Waals surface area (Å²) in [5.74, 6) is -0.576. The summed E-state index contributed by atoms with van der Waals surface area (Å²) in [5.41, 5.74) is 0.850. The minimum Gasteiger partial charge on any atom is -0.475 e. The molecule has 0 fully saturated rings. The number of carbonyl (C=O) groups is 1. The summed E-state index contributed by atoms with van der Waals surface area (Å²) in [7, 11) is 0. The van der Waals surface area contributed by atoms with Crippen LogP contribution in [0, 0.1) is 0 Å². The van der Waals surface area contributed by atoms with Gasteiger partial charge in [0.1, 0.15) is 5.76 Å². The highest BCUT2D eigenvalue weighted by atomic mass is 35.5. The maximum Gasteiger partial charge on any atom is 0.371 e. The summed E-state index contributed by atoms with van der Waals surface area (Å²) < 4.78 is 5.21. The molecule has 1 aromatic carbocycles. The summed E-state index contributed by atoms with van der Waals surface area (Å²) in [6.07, 6.45) is 0. The van der Waals surface area contributed by atoms with Gasteiger partial charge in [0, 0.05) is 10.7 Å². The number of hydrogen-bond acceptors (Lipinski definition) is 3. The van der Waals surface area contributed by atoms with Gasteiger partial charge in [0.15, 0.2) is 0 Å². The Morgan fingerprint density at radius 2 is 2.17 bits per heavy atom. The molecule has 0 bridgehead atoms. The molecule has 0 aliphatic carbocycles. The molecule has 1 heterocycles. The number of nitrogens with one attached hydrogen (secondary N) is 1. The molecule has 1 atom stereocenters. The van der Waals surface area contributed by atoms with E-state index in [9.17, 15) is 4.79 Å². The molecule has 0 saturated heterocycles. The van der Waals surface area contributed by atoms with Crippen LogP contribution >= 0.6 is 11.6 Å². The van der Waals surface area contributed by atoms with Crippen LogP contribution < -0.4 is 5.32 Å². The fraction of sp³-hybridized carbons (Fsp3) is 0.154. The highest BCUT2D eigenvalue weighted by Gasteiger charge is 2.13. The van der Waals surface area contributed by atoms with Crippen molar-refractivity contribution in [1.29, 1.82) is 0 Å². The molecule has 4 nitrogen and oxygen atoms in total. The Hall–Kier alpha value is -1.94. The van der Waals surface area contributed by atoms with E-state index in [1.54, 1.807) is 18.2 Å². The first-order valence-corrected chi connectivity index (χ1v) is 5.79. The third-order valence-electron chi connectivity index (χ3n) is 2.47. The van der Waals surface area contributed by atoms with Gasteiger partial charge in [0.05, 0.1) is 6.04 Å². The second kappa shape index (κ2) is 5.14. The van der Waals surface area contributed by atoms with Crippen molar-refractivity contribution in [3.63, 3.8) is 0 Å². The van der Waals surface area contributed by atoms with Gasteiger partial charge in [-0.05, 0) is 37.3 Å². The molecule has 2 N–H and O–H groups in total. The zero-order valence-electron chi connectivity index (χ0n) is 9.68. The van der Waals surface area contributed by atoms with Gasteiger partial charge in [-0.2, -0.15) is 0 Å². The fourth-order valence-electron chi connectivity index (χ4n) is 1.60. The number of carboxylic acid groups (broad SMARTS) is 1. The standard InChI is InChI=1S/C13H12ClNO3/c1-8(11-5-6-12(18-11)13(16)17)15-10-4-2-3-9(14)7-10/h2-8,15H,1H3,(H,16,17). The minimum atomic E-state index is -1.07. The van der Waals surface area contributed by atoms with Crippen LogP contribution in [-0.4, -0.2) is 11.1 Å². The molecule has 0 amide bonds. The molecular weight excluding hydrogens is 254 g/mol. The smallest absolute Gasteiger partial charge is 0.371 e. The maximum absolute atomic E-state index is 10.7. The van der Waals surface area contributed by atoms with Gasteiger partial charge in [0.25, 0.3) is 0 Å². The van der Waals surface area contributed by atoms with Crippen LogP contribution in [0.5, 0.6) is 0 Å². The predicted octanol–water partition coefficient (Wildman–Crippen LogP) is 3.80. The highest BCUT2D eigenvalue weighted by Crippen LogP contribution is 2.23. The van der Waals surface area contributed by atoms with Gasteiger partial charge in [-0.1, -0.05) is 17.7 Å². The summed E-state index contributed by atoms with van der Waals surface area (Å²) in [4.78, 5) is 10.7. The SMILES string of the molecule is CC(Nc1cccc(Cl)c1)c1ccc(C(=O)O)o1. The van der Waals surface area contributed by atoms with Crippen LogP contribution in [0.25, 0.3) is 0 Å². The third-order valence-corrected chi connectivity index (χ3v) is 2.71. The number of hydrogen-bond donors (Lipinski definition) is 2. The van der Waals surface area contributed by atoms with E-state index in [0.29, 0.717) is 10.8 Å². The summed E-state index contributed by atoms with van der Waals surface area (Å²) in [5, 5.41) is 12.6. The number of carboxylic acids is 1. The summed E-state index contributed by atoms with van der Waals surface area (Å²) in [6.45, 7) is 1.88. The van der Waals surface area contributed by atoms with E-state index in [0.717, 1.165) is 5.69 Å². The average Bonchev–Trinajstić information content (AvgIpc) is 2.78. The molecule has 2 rings (SSSR count). The van der Waals surface area contributed by atoms with E-state index >= 15 is 0 Å². The first-order valence-electron chi connectivity index (χ1n) is 5.41. The Kier molecular flexibility index (Phi) is 3.58. The second-order valence-corrected chi connectivity index (χ2v) is 4.32. The average molecular weight is 266 g/mol. The topological polar surface area (TPSA) is 62.5 Å². The van der Waals surface area contributed by atoms with Gasteiger partial charge in [0.2, 0.25) is 5.76 Å². The van der Waals surface area contributed by atoms with Crippen molar-refractivity contribution in [2.24, 2.45) is 0 Å². The lowest BCUT2D eigenvalue weighted by Crippen LogP contribution is -2.05. The van der Waals surface area contributed by atoms with Crippen LogP contribution in [0.1, 0.15) is 29.3 Å². The molecule has 0 spiro atoms. The Bertz CT molecular complexity index is 565. The molecule has 1 unspecified atom stereocenters. The molecule has 5 heteroatoms. The largest absolute Gasteiger partial charge is 0.475 e. The number of aromatic carboxylic acids is 1. The predicted molar refractivity (Wildman–Crippen MR) is 69.2 cm³/mol. The molecule has 1 aromatic heterocycles. The van der Waals surface area contributed by atoms with E-state index in [-0.39, 0.29) is 11.8 Å². The lowest BCUT2D eigenvalue weighted by Gasteiger charge is -2.12. The van der Waals surface area contributed by atoms with Crippen LogP contribution in [0.3, 0.4) is 0 Å². The van der Waals surface area contributed by atoms with Crippen molar-refractivity contribution in [3.8, 4) is 0 Å². The van der Waals surface area contributed by atoms with Crippen molar-refractivity contribution >= 4 is 23.3 Å². The Balaban J connectivity index is 2.11. The van der Waals surface area contributed by atoms with E-state index in [4.69, 9.17) is 21.1 Å². The first-order chi connectivity index (χ1) is 8.56. The Morgan fingerprint density at radius 3 is 2.78 bits per heavy atom. The summed E-state index contributed by atoms with van der Waals surface area (Å²) >= 11 is 5.88. The van der Waals surface area contributed by atoms with Crippen molar-refractivity contribution in [1.82, 2.24) is 0 Å². The molecular formula is C13H12ClNO3. The zero-order chi connectivity index (χ0) is 13.1. The number of furan rings is 1. The molecule has 0 aliphatic heterocycles. The number of benzene rings is 1. The fourth-order valence-corrected chi connectivity index (χ4v) is 1.79. The normalized spacial score (nSPS) is 12.1. The molecule has 0 aliphatic rings. The maximum atomic E-state index is 10.7. The monoisotopic (exact) mass is 265 g/mol. The zero-order valence-corrected chi connectivity index (χ0v) is 10.4. The highest BCUT2D eigenvalue weighted by molar-refractivity contribution is 6.30. The number of rotatable bonds is 4. The minimum absolute atomic E-state index is 0.0651. The van der Waals surface area contributed by atoms with E-state index < -0.39 is 5.97 Å². The molecule has 2 aromatic rings. The van der Waals surface area contributed by atoms with Crippen LogP contribution in [0.2, 0.25) is 5.02 Å². The number of anilines is 1. The van der Waals surface area contributed by atoms with Crippen molar-refractivity contribution < 1.29 is 14.3 Å². The Morgan fingerprint density at radius 1 is 1.39 bits per heavy atom. The third kappa shape index (κ3) is 2.84. The van der Waals surface area contributed by atoms with Gasteiger partial charge in [-0.15, -0.1) is 0 Å². The van der Waals surface area contributed by atoms with E-state index in [1.807, 2.05) is 19.1 Å². The van der Waals surface area contributed by atoms with Crippen molar-refractivity contribution in [2.75, 3.05) is 5.32 Å². The lowest BCUT2D eigenvalue weighted by molar-refractivity contribution is 0.0660. The van der Waals surface area contributed by atoms with Crippen LogP contribution in [0.4, 0.5) is 5.69 Å². The van der Waals surface area contributed by atoms with Gasteiger partial charge in [-0.3, -0.25) is 0 Å². The molecule has 0 radical (unpaired) electrons. The quantitative estimate of drug-likeness (QED) is 0.882. The van der Waals surface area contributed by atoms with Gasteiger partial charge < -0.3 is 14.8 Å². The molecule has 18 heavy (non-hydrogen) atoms. The number of halogens is 1.